The van der Waals surface area contributed by atoms with Crippen LogP contribution in [-0.2, 0) is 16.0 Å². The Bertz CT molecular complexity index is 1100. The fraction of sp³-hybridized carbons (Fsp3) is 0.381. The average Bonchev–Trinajstić information content (AvgIpc) is 2.76. The molecule has 0 aromatic heterocycles. The van der Waals surface area contributed by atoms with Crippen molar-refractivity contribution < 1.29 is 65.0 Å². The highest BCUT2D eigenvalue weighted by atomic mass is 16.7. The lowest BCUT2D eigenvalue weighted by Gasteiger charge is -2.38. The molecule has 0 bridgehead atoms. The van der Waals surface area contributed by atoms with Crippen molar-refractivity contribution >= 4 is 5.97 Å². The highest BCUT2D eigenvalue weighted by Crippen LogP contribution is 2.45. The maximum Gasteiger partial charge on any atom is 0.335 e. The van der Waals surface area contributed by atoms with E-state index in [1.54, 1.807) is 0 Å². The number of rotatable bonds is 4. The van der Waals surface area contributed by atoms with Crippen molar-refractivity contribution in [3.63, 3.8) is 0 Å². The van der Waals surface area contributed by atoms with E-state index >= 15 is 0 Å². The summed E-state index contributed by atoms with van der Waals surface area (Å²) < 4.78 is 16.0. The molecule has 13 heteroatoms. The molecule has 1 saturated heterocycles. The maximum absolute atomic E-state index is 11.3. The molecule has 7 atom stereocenters. The number of aromatic hydroxyl groups is 4. The second kappa shape index (κ2) is 8.70. The first-order chi connectivity index (χ1) is 16.0. The minimum atomic E-state index is -1.96. The molecule has 2 aromatic carbocycles. The average molecular weight is 482 g/mol. The molecule has 0 radical (unpaired) electrons. The summed E-state index contributed by atoms with van der Waals surface area (Å²) in [7, 11) is 0. The van der Waals surface area contributed by atoms with Gasteiger partial charge in [0, 0.05) is 29.7 Å². The van der Waals surface area contributed by atoms with Gasteiger partial charge in [0.1, 0.15) is 35.6 Å². The van der Waals surface area contributed by atoms with E-state index < -0.39 is 66.1 Å². The molecule has 2 aliphatic heterocycles. The predicted molar refractivity (Wildman–Crippen MR) is 108 cm³/mol. The summed E-state index contributed by atoms with van der Waals surface area (Å²) in [5.41, 5.74) is 0.305. The highest BCUT2D eigenvalue weighted by Gasteiger charge is 2.48. The number of carboxylic acids is 1. The van der Waals surface area contributed by atoms with E-state index in [1.165, 1.54) is 6.07 Å². The van der Waals surface area contributed by atoms with Crippen molar-refractivity contribution in [1.29, 1.82) is 0 Å². The van der Waals surface area contributed by atoms with Gasteiger partial charge in [0.2, 0.25) is 12.0 Å². The van der Waals surface area contributed by atoms with Crippen LogP contribution >= 0.6 is 0 Å². The summed E-state index contributed by atoms with van der Waals surface area (Å²) in [5.74, 6) is -4.23. The van der Waals surface area contributed by atoms with Crippen LogP contribution in [0.2, 0.25) is 0 Å². The van der Waals surface area contributed by atoms with Crippen LogP contribution in [0.1, 0.15) is 17.2 Å². The van der Waals surface area contributed by atoms with E-state index in [2.05, 4.69) is 0 Å². The van der Waals surface area contributed by atoms with E-state index in [0.29, 0.717) is 0 Å². The van der Waals surface area contributed by atoms with E-state index in [-0.39, 0.29) is 34.8 Å². The predicted octanol–water partition coefficient (Wildman–Crippen LogP) is -1.18. The third-order valence-electron chi connectivity index (χ3n) is 5.65. The van der Waals surface area contributed by atoms with E-state index in [0.717, 1.165) is 18.2 Å². The Morgan fingerprint density at radius 2 is 1.62 bits per heavy atom. The zero-order valence-corrected chi connectivity index (χ0v) is 17.2. The minimum Gasteiger partial charge on any atom is -0.508 e. The van der Waals surface area contributed by atoms with Crippen molar-refractivity contribution in [2.45, 2.75) is 49.3 Å². The standard InChI is InChI=1S/C21H22O13/c22-7-3-9(23)8-5-11(25)18(32-12(8)4-7)6-1-10(24)14(26)13(2-6)33-21-17(29)15(27)16(28)19(34-21)20(30)31/h1-4,11,15-19,21-29H,5H2,(H,30,31)/t11-,15+,16+,17-,18-,19+,21-/m1/s1. The quantitative estimate of drug-likeness (QED) is 0.234. The molecule has 0 amide bonds. The van der Waals surface area contributed by atoms with Gasteiger partial charge in [-0.1, -0.05) is 0 Å². The zero-order chi connectivity index (χ0) is 24.9. The van der Waals surface area contributed by atoms with E-state index in [4.69, 9.17) is 19.3 Å². The van der Waals surface area contributed by atoms with Gasteiger partial charge in [-0.2, -0.15) is 0 Å². The molecule has 0 unspecified atom stereocenters. The molecule has 4 rings (SSSR count). The second-order valence-corrected chi connectivity index (χ2v) is 7.99. The lowest BCUT2D eigenvalue weighted by Crippen LogP contribution is -2.61. The molecule has 0 spiro atoms. The van der Waals surface area contributed by atoms with Gasteiger partial charge in [0.15, 0.2) is 23.7 Å². The highest BCUT2D eigenvalue weighted by molar-refractivity contribution is 5.73. The number of ether oxygens (including phenoxy) is 3. The summed E-state index contributed by atoms with van der Waals surface area (Å²) >= 11 is 0. The first-order valence-electron chi connectivity index (χ1n) is 10.0. The Kier molecular flexibility index (Phi) is 6.05. The number of aliphatic hydroxyl groups is 4. The molecule has 0 saturated carbocycles. The fourth-order valence-corrected chi connectivity index (χ4v) is 3.89. The molecular weight excluding hydrogens is 460 g/mol. The number of carbonyl (C=O) groups is 1. The smallest absolute Gasteiger partial charge is 0.335 e. The number of phenols is 4. The van der Waals surface area contributed by atoms with Crippen LogP contribution < -0.4 is 9.47 Å². The number of aliphatic carboxylic acids is 1. The number of aliphatic hydroxyl groups excluding tert-OH is 4. The largest absolute Gasteiger partial charge is 0.508 e. The summed E-state index contributed by atoms with van der Waals surface area (Å²) in [6, 6.07) is 4.47. The van der Waals surface area contributed by atoms with Crippen molar-refractivity contribution in [1.82, 2.24) is 0 Å². The van der Waals surface area contributed by atoms with Crippen molar-refractivity contribution in [3.05, 3.63) is 35.4 Å². The maximum atomic E-state index is 11.3. The van der Waals surface area contributed by atoms with Gasteiger partial charge in [-0.25, -0.2) is 4.79 Å². The number of hydrogen-bond acceptors (Lipinski definition) is 12. The van der Waals surface area contributed by atoms with Crippen LogP contribution in [0.25, 0.3) is 0 Å². The van der Waals surface area contributed by atoms with Crippen molar-refractivity contribution in [3.8, 4) is 34.5 Å². The fourth-order valence-electron chi connectivity index (χ4n) is 3.89. The van der Waals surface area contributed by atoms with Crippen LogP contribution in [0.5, 0.6) is 34.5 Å². The van der Waals surface area contributed by atoms with Gasteiger partial charge in [0.25, 0.3) is 0 Å². The van der Waals surface area contributed by atoms with Gasteiger partial charge in [-0.3, -0.25) is 0 Å². The SMILES string of the molecule is O=C(O)[C@H]1O[C@@H](Oc2cc([C@H]3Oc4cc(O)cc(O)c4C[C@H]3O)cc(O)c2O)[C@H](O)[C@@H](O)[C@@H]1O. The Morgan fingerprint density at radius 1 is 0.912 bits per heavy atom. The Labute approximate surface area is 190 Å². The number of fused-ring (bicyclic) bond motifs is 1. The molecule has 2 aliphatic rings. The Hall–Kier alpha value is -3.49. The summed E-state index contributed by atoms with van der Waals surface area (Å²) in [4.78, 5) is 11.3. The zero-order valence-electron chi connectivity index (χ0n) is 17.2. The number of carboxylic acid groups (broad SMARTS) is 1. The van der Waals surface area contributed by atoms with Gasteiger partial charge in [-0.15, -0.1) is 0 Å². The molecule has 184 valence electrons. The lowest BCUT2D eigenvalue weighted by molar-refractivity contribution is -0.271. The molecule has 0 aliphatic carbocycles. The van der Waals surface area contributed by atoms with Crippen LogP contribution in [0, 0.1) is 0 Å². The van der Waals surface area contributed by atoms with Crippen LogP contribution in [-0.4, -0.2) is 88.7 Å². The molecule has 2 heterocycles. The lowest BCUT2D eigenvalue weighted by atomic mass is 9.93. The summed E-state index contributed by atoms with van der Waals surface area (Å²) in [5, 5.41) is 89.7. The number of hydrogen-bond donors (Lipinski definition) is 9. The molecule has 1 fully saturated rings. The third-order valence-corrected chi connectivity index (χ3v) is 5.65. The molecular formula is C21H22O13. The third kappa shape index (κ3) is 4.10. The number of benzene rings is 2. The summed E-state index contributed by atoms with van der Waals surface area (Å²) in [6.45, 7) is 0. The minimum absolute atomic E-state index is 0.0620. The summed E-state index contributed by atoms with van der Waals surface area (Å²) in [6.07, 6.45) is -12.2. The first kappa shape index (κ1) is 23.7. The normalized spacial score (nSPS) is 30.8. The van der Waals surface area contributed by atoms with Gasteiger partial charge in [0.05, 0.1) is 6.10 Å². The molecule has 34 heavy (non-hydrogen) atoms. The molecule has 2 aromatic rings. The van der Waals surface area contributed by atoms with Crippen molar-refractivity contribution in [2.75, 3.05) is 0 Å². The van der Waals surface area contributed by atoms with E-state index in [9.17, 15) is 45.6 Å². The van der Waals surface area contributed by atoms with Crippen LogP contribution in [0.3, 0.4) is 0 Å². The van der Waals surface area contributed by atoms with Gasteiger partial charge >= 0.3 is 5.97 Å². The van der Waals surface area contributed by atoms with Crippen LogP contribution in [0.4, 0.5) is 0 Å². The molecule has 13 nitrogen and oxygen atoms in total. The first-order valence-corrected chi connectivity index (χ1v) is 10.0. The van der Waals surface area contributed by atoms with E-state index in [1.807, 2.05) is 0 Å². The van der Waals surface area contributed by atoms with Gasteiger partial charge in [-0.05, 0) is 12.1 Å². The Balaban J connectivity index is 1.65. The molecule has 9 N–H and O–H groups in total. The second-order valence-electron chi connectivity index (χ2n) is 7.99. The van der Waals surface area contributed by atoms with Crippen LogP contribution in [0.15, 0.2) is 24.3 Å². The Morgan fingerprint density at radius 3 is 2.29 bits per heavy atom. The number of phenolic OH excluding ortho intramolecular Hbond substituents is 4. The monoisotopic (exact) mass is 482 g/mol. The van der Waals surface area contributed by atoms with Crippen molar-refractivity contribution in [2.24, 2.45) is 0 Å². The van der Waals surface area contributed by atoms with Gasteiger partial charge < -0.3 is 60.2 Å². The topological polar surface area (TPSA) is 227 Å².